The predicted octanol–water partition coefficient (Wildman–Crippen LogP) is 3.11. The first-order valence-corrected chi connectivity index (χ1v) is 8.26. The van der Waals surface area contributed by atoms with E-state index in [1.54, 1.807) is 18.2 Å². The van der Waals surface area contributed by atoms with Crippen LogP contribution in [0.2, 0.25) is 0 Å². The number of carbonyl (C=O) groups excluding carboxylic acids is 1. The molecule has 0 aliphatic carbocycles. The molecule has 1 heterocycles. The normalized spacial score (nSPS) is 10.3. The lowest BCUT2D eigenvalue weighted by Crippen LogP contribution is -2.17. The number of halogens is 1. The Morgan fingerprint density at radius 2 is 1.93 bits per heavy atom. The Balaban J connectivity index is 1.84. The van der Waals surface area contributed by atoms with Crippen molar-refractivity contribution >= 4 is 29.0 Å². The predicted molar refractivity (Wildman–Crippen MR) is 104 cm³/mol. The molecule has 1 amide bonds. The Hall–Kier alpha value is -3.68. The minimum atomic E-state index is -0.672. The van der Waals surface area contributed by atoms with Crippen molar-refractivity contribution < 1.29 is 9.18 Å². The maximum atomic E-state index is 13.8. The minimum absolute atomic E-state index is 0.126. The van der Waals surface area contributed by atoms with Crippen LogP contribution in [0.3, 0.4) is 0 Å². The van der Waals surface area contributed by atoms with Gasteiger partial charge in [-0.2, -0.15) is 4.98 Å². The summed E-state index contributed by atoms with van der Waals surface area (Å²) in [6.07, 6.45) is 1.34. The molecule has 138 valence electrons. The number of anilines is 4. The van der Waals surface area contributed by atoms with Gasteiger partial charge in [0.05, 0.1) is 5.56 Å². The van der Waals surface area contributed by atoms with Crippen molar-refractivity contribution in [3.05, 3.63) is 71.7 Å². The molecule has 0 saturated carbocycles. The standard InChI is InChI=1S/C19H19FN6O/c1-22-13-6-4-7-14(9-13)25-19-24-11-15(17(21)27)18(26-19)23-10-12-5-2-3-8-16(12)20/h2-9,11,22H,10H2,1H3,(H2,21,27)(H2,23,24,25,26). The van der Waals surface area contributed by atoms with Crippen molar-refractivity contribution in [1.29, 1.82) is 0 Å². The molecule has 0 spiro atoms. The van der Waals surface area contributed by atoms with Crippen molar-refractivity contribution in [2.45, 2.75) is 6.54 Å². The van der Waals surface area contributed by atoms with Gasteiger partial charge in [-0.15, -0.1) is 0 Å². The van der Waals surface area contributed by atoms with E-state index in [0.717, 1.165) is 11.4 Å². The third kappa shape index (κ3) is 4.49. The molecule has 7 nitrogen and oxygen atoms in total. The number of benzene rings is 2. The van der Waals surface area contributed by atoms with E-state index in [4.69, 9.17) is 5.73 Å². The smallest absolute Gasteiger partial charge is 0.254 e. The molecule has 27 heavy (non-hydrogen) atoms. The molecular formula is C19H19FN6O. The number of aromatic nitrogens is 2. The van der Waals surface area contributed by atoms with Gasteiger partial charge in [0, 0.05) is 36.7 Å². The summed E-state index contributed by atoms with van der Waals surface area (Å²) in [6, 6.07) is 13.9. The highest BCUT2D eigenvalue weighted by Crippen LogP contribution is 2.20. The van der Waals surface area contributed by atoms with Crippen molar-refractivity contribution in [3.63, 3.8) is 0 Å². The number of nitrogens with zero attached hydrogens (tertiary/aromatic N) is 2. The highest BCUT2D eigenvalue weighted by molar-refractivity contribution is 5.97. The molecule has 0 fully saturated rings. The fourth-order valence-electron chi connectivity index (χ4n) is 2.46. The third-order valence-corrected chi connectivity index (χ3v) is 3.87. The van der Waals surface area contributed by atoms with Gasteiger partial charge in [-0.1, -0.05) is 24.3 Å². The molecule has 0 aliphatic rings. The van der Waals surface area contributed by atoms with Crippen LogP contribution < -0.4 is 21.7 Å². The zero-order chi connectivity index (χ0) is 19.2. The summed E-state index contributed by atoms with van der Waals surface area (Å²) >= 11 is 0. The lowest BCUT2D eigenvalue weighted by Gasteiger charge is -2.12. The van der Waals surface area contributed by atoms with Crippen LogP contribution in [0.4, 0.5) is 27.5 Å². The SMILES string of the molecule is CNc1cccc(Nc2ncc(C(N)=O)c(NCc3ccccc3F)n2)c1. The van der Waals surface area contributed by atoms with Crippen LogP contribution in [0.25, 0.3) is 0 Å². The molecule has 0 bridgehead atoms. The number of primary amides is 1. The summed E-state index contributed by atoms with van der Waals surface area (Å²) in [4.78, 5) is 20.1. The molecule has 0 atom stereocenters. The largest absolute Gasteiger partial charge is 0.388 e. The van der Waals surface area contributed by atoms with E-state index in [1.807, 2.05) is 31.3 Å². The molecule has 1 aromatic heterocycles. The van der Waals surface area contributed by atoms with E-state index in [-0.39, 0.29) is 29.7 Å². The molecule has 0 aliphatic heterocycles. The van der Waals surface area contributed by atoms with Gasteiger partial charge in [0.2, 0.25) is 5.95 Å². The lowest BCUT2D eigenvalue weighted by atomic mass is 10.2. The number of hydrogen-bond acceptors (Lipinski definition) is 6. The fourth-order valence-corrected chi connectivity index (χ4v) is 2.46. The Kier molecular flexibility index (Phi) is 5.46. The second-order valence-corrected chi connectivity index (χ2v) is 5.72. The molecule has 3 rings (SSSR count). The van der Waals surface area contributed by atoms with Crippen molar-refractivity contribution in [2.24, 2.45) is 5.73 Å². The third-order valence-electron chi connectivity index (χ3n) is 3.87. The average Bonchev–Trinajstić information content (AvgIpc) is 2.67. The molecule has 3 aromatic rings. The Morgan fingerprint density at radius 3 is 2.67 bits per heavy atom. The monoisotopic (exact) mass is 366 g/mol. The van der Waals surface area contributed by atoms with Gasteiger partial charge in [0.1, 0.15) is 11.6 Å². The Labute approximate surface area is 155 Å². The van der Waals surface area contributed by atoms with Gasteiger partial charge in [0.25, 0.3) is 5.91 Å². The quantitative estimate of drug-likeness (QED) is 0.512. The highest BCUT2D eigenvalue weighted by atomic mass is 19.1. The summed E-state index contributed by atoms with van der Waals surface area (Å²) in [5.41, 5.74) is 7.66. The molecular weight excluding hydrogens is 347 g/mol. The topological polar surface area (TPSA) is 105 Å². The number of rotatable bonds is 7. The summed E-state index contributed by atoms with van der Waals surface area (Å²) in [5.74, 6) is -0.506. The molecule has 0 unspecified atom stereocenters. The second kappa shape index (κ2) is 8.13. The zero-order valence-corrected chi connectivity index (χ0v) is 14.7. The van der Waals surface area contributed by atoms with Crippen LogP contribution >= 0.6 is 0 Å². The molecule has 5 N–H and O–H groups in total. The first-order valence-electron chi connectivity index (χ1n) is 8.26. The molecule has 0 radical (unpaired) electrons. The molecule has 2 aromatic carbocycles. The first kappa shape index (κ1) is 18.1. The number of nitrogens with one attached hydrogen (secondary N) is 3. The van der Waals surface area contributed by atoms with Crippen molar-refractivity contribution in [1.82, 2.24) is 9.97 Å². The van der Waals surface area contributed by atoms with E-state index in [2.05, 4.69) is 25.9 Å². The fraction of sp³-hybridized carbons (Fsp3) is 0.105. The van der Waals surface area contributed by atoms with Crippen LogP contribution in [0, 0.1) is 5.82 Å². The first-order chi connectivity index (χ1) is 13.1. The zero-order valence-electron chi connectivity index (χ0n) is 14.7. The van der Waals surface area contributed by atoms with Crippen LogP contribution in [0.15, 0.2) is 54.7 Å². The maximum absolute atomic E-state index is 13.8. The van der Waals surface area contributed by atoms with Crippen LogP contribution in [0.5, 0.6) is 0 Å². The van der Waals surface area contributed by atoms with E-state index in [9.17, 15) is 9.18 Å². The van der Waals surface area contributed by atoms with E-state index in [1.165, 1.54) is 12.3 Å². The minimum Gasteiger partial charge on any atom is -0.388 e. The molecule has 0 saturated heterocycles. The highest BCUT2D eigenvalue weighted by Gasteiger charge is 2.13. The van der Waals surface area contributed by atoms with Gasteiger partial charge in [-0.05, 0) is 24.3 Å². The van der Waals surface area contributed by atoms with Gasteiger partial charge >= 0.3 is 0 Å². The van der Waals surface area contributed by atoms with Gasteiger partial charge < -0.3 is 21.7 Å². The molecule has 8 heteroatoms. The number of carbonyl (C=O) groups is 1. The Bertz CT molecular complexity index is 962. The second-order valence-electron chi connectivity index (χ2n) is 5.72. The van der Waals surface area contributed by atoms with Crippen LogP contribution in [0.1, 0.15) is 15.9 Å². The summed E-state index contributed by atoms with van der Waals surface area (Å²) in [5, 5.41) is 9.06. The number of amides is 1. The van der Waals surface area contributed by atoms with E-state index >= 15 is 0 Å². The van der Waals surface area contributed by atoms with Gasteiger partial charge in [-0.3, -0.25) is 4.79 Å². The Morgan fingerprint density at radius 1 is 1.15 bits per heavy atom. The lowest BCUT2D eigenvalue weighted by molar-refractivity contribution is 0.100. The van der Waals surface area contributed by atoms with Gasteiger partial charge in [0.15, 0.2) is 0 Å². The van der Waals surface area contributed by atoms with E-state index < -0.39 is 5.91 Å². The average molecular weight is 366 g/mol. The van der Waals surface area contributed by atoms with Crippen molar-refractivity contribution in [2.75, 3.05) is 23.0 Å². The van der Waals surface area contributed by atoms with Crippen molar-refractivity contribution in [3.8, 4) is 0 Å². The summed E-state index contributed by atoms with van der Waals surface area (Å²) in [6.45, 7) is 0.151. The van der Waals surface area contributed by atoms with Gasteiger partial charge in [-0.25, -0.2) is 9.37 Å². The summed E-state index contributed by atoms with van der Waals surface area (Å²) in [7, 11) is 1.82. The summed E-state index contributed by atoms with van der Waals surface area (Å²) < 4.78 is 13.8. The van der Waals surface area contributed by atoms with Crippen LogP contribution in [-0.2, 0) is 6.54 Å². The van der Waals surface area contributed by atoms with E-state index in [0.29, 0.717) is 5.56 Å². The number of hydrogen-bond donors (Lipinski definition) is 4. The maximum Gasteiger partial charge on any atom is 0.254 e. The number of nitrogens with two attached hydrogens (primary N) is 1. The van der Waals surface area contributed by atoms with Crippen LogP contribution in [-0.4, -0.2) is 22.9 Å².